The lowest BCUT2D eigenvalue weighted by Crippen LogP contribution is -2.40. The lowest BCUT2D eigenvalue weighted by Gasteiger charge is -2.33. The molecule has 164 valence electrons. The van der Waals surface area contributed by atoms with Crippen LogP contribution in [0.25, 0.3) is 11.0 Å². The molecule has 1 amide bonds. The Balaban J connectivity index is 1.49. The molecule has 0 spiro atoms. The number of ether oxygens (including phenoxy) is 1. The highest BCUT2D eigenvalue weighted by atomic mass is 16.5. The molecule has 31 heavy (non-hydrogen) atoms. The van der Waals surface area contributed by atoms with E-state index in [-0.39, 0.29) is 17.9 Å². The van der Waals surface area contributed by atoms with E-state index in [2.05, 4.69) is 22.8 Å². The number of carbonyl (C=O) groups excluding carboxylic acids is 1. The fourth-order valence-electron chi connectivity index (χ4n) is 4.56. The molecule has 6 nitrogen and oxygen atoms in total. The largest absolute Gasteiger partial charge is 0.385 e. The van der Waals surface area contributed by atoms with Gasteiger partial charge in [0.05, 0.1) is 11.0 Å². The molecule has 2 N–H and O–H groups in total. The van der Waals surface area contributed by atoms with Crippen LogP contribution in [-0.2, 0) is 16.1 Å². The Morgan fingerprint density at radius 1 is 1.19 bits per heavy atom. The van der Waals surface area contributed by atoms with E-state index in [0.29, 0.717) is 13.0 Å². The van der Waals surface area contributed by atoms with Crippen LogP contribution in [-0.4, -0.2) is 47.2 Å². The Morgan fingerprint density at radius 3 is 2.77 bits per heavy atom. The summed E-state index contributed by atoms with van der Waals surface area (Å²) in [6.07, 6.45) is 3.30. The summed E-state index contributed by atoms with van der Waals surface area (Å²) in [6.45, 7) is 3.08. The number of imidazole rings is 1. The van der Waals surface area contributed by atoms with Crippen LogP contribution >= 0.6 is 0 Å². The van der Waals surface area contributed by atoms with Gasteiger partial charge < -0.3 is 19.9 Å². The number of benzene rings is 2. The monoisotopic (exact) mass is 420 g/mol. The predicted molar refractivity (Wildman–Crippen MR) is 123 cm³/mol. The standard InChI is InChI=1S/C25H32N4O2/c1-31-16-8-15-29-23-13-6-5-12-22(23)27-25(29)20-11-7-14-28(18-20)24(30)17-21(26)19-9-3-2-4-10-19/h2-6,9-10,12-13,20-21H,7-8,11,14-18,26H2,1H3. The Kier molecular flexibility index (Phi) is 6.99. The number of hydrogen-bond donors (Lipinski definition) is 1. The van der Waals surface area contributed by atoms with E-state index in [1.165, 1.54) is 0 Å². The molecule has 1 fully saturated rings. The summed E-state index contributed by atoms with van der Waals surface area (Å²) in [5.74, 6) is 1.45. The molecule has 3 aromatic rings. The Bertz CT molecular complexity index is 1000. The van der Waals surface area contributed by atoms with Crippen molar-refractivity contribution in [2.75, 3.05) is 26.8 Å². The Morgan fingerprint density at radius 2 is 1.97 bits per heavy atom. The molecule has 0 saturated carbocycles. The van der Waals surface area contributed by atoms with Gasteiger partial charge >= 0.3 is 0 Å². The van der Waals surface area contributed by atoms with E-state index in [9.17, 15) is 4.79 Å². The highest BCUT2D eigenvalue weighted by molar-refractivity contribution is 5.78. The summed E-state index contributed by atoms with van der Waals surface area (Å²) in [5, 5.41) is 0. The Labute approximate surface area is 184 Å². The zero-order valence-electron chi connectivity index (χ0n) is 18.2. The van der Waals surface area contributed by atoms with Gasteiger partial charge in [-0.25, -0.2) is 4.98 Å². The van der Waals surface area contributed by atoms with Crippen molar-refractivity contribution in [2.45, 2.75) is 44.2 Å². The number of fused-ring (bicyclic) bond motifs is 1. The van der Waals surface area contributed by atoms with Crippen molar-refractivity contribution < 1.29 is 9.53 Å². The average molecular weight is 421 g/mol. The quantitative estimate of drug-likeness (QED) is 0.562. The normalized spacial score (nSPS) is 17.7. The number of likely N-dealkylation sites (tertiary alicyclic amines) is 1. The van der Waals surface area contributed by atoms with Gasteiger partial charge in [0.1, 0.15) is 5.82 Å². The molecule has 2 atom stereocenters. The fraction of sp³-hybridized carbons (Fsp3) is 0.440. The van der Waals surface area contributed by atoms with Crippen LogP contribution < -0.4 is 5.73 Å². The number of aromatic nitrogens is 2. The first-order valence-electron chi connectivity index (χ1n) is 11.2. The van der Waals surface area contributed by atoms with E-state index < -0.39 is 0 Å². The minimum atomic E-state index is -0.271. The predicted octanol–water partition coefficient (Wildman–Crippen LogP) is 3.87. The van der Waals surface area contributed by atoms with Crippen LogP contribution in [0.5, 0.6) is 0 Å². The summed E-state index contributed by atoms with van der Waals surface area (Å²) in [5.41, 5.74) is 9.49. The first kappa shape index (κ1) is 21.5. The number of piperidine rings is 1. The van der Waals surface area contributed by atoms with Gasteiger partial charge in [0, 0.05) is 51.7 Å². The minimum Gasteiger partial charge on any atom is -0.385 e. The number of nitrogens with zero attached hydrogens (tertiary/aromatic N) is 3. The maximum Gasteiger partial charge on any atom is 0.224 e. The van der Waals surface area contributed by atoms with Crippen LogP contribution in [0, 0.1) is 0 Å². The highest BCUT2D eigenvalue weighted by Crippen LogP contribution is 2.30. The molecule has 0 radical (unpaired) electrons. The molecule has 2 aromatic carbocycles. The molecule has 1 aliphatic heterocycles. The second-order valence-corrected chi connectivity index (χ2v) is 8.36. The number of rotatable bonds is 8. The van der Waals surface area contributed by atoms with Crippen LogP contribution in [0.1, 0.15) is 49.0 Å². The molecule has 0 aliphatic carbocycles. The smallest absolute Gasteiger partial charge is 0.224 e. The van der Waals surface area contributed by atoms with Crippen molar-refractivity contribution in [1.29, 1.82) is 0 Å². The third kappa shape index (κ3) is 4.97. The van der Waals surface area contributed by atoms with Gasteiger partial charge in [0.25, 0.3) is 0 Å². The highest BCUT2D eigenvalue weighted by Gasteiger charge is 2.29. The van der Waals surface area contributed by atoms with Gasteiger partial charge in [-0.05, 0) is 37.0 Å². The van der Waals surface area contributed by atoms with Crippen molar-refractivity contribution in [3.63, 3.8) is 0 Å². The number of para-hydroxylation sites is 2. The van der Waals surface area contributed by atoms with Gasteiger partial charge in [-0.3, -0.25) is 4.79 Å². The van der Waals surface area contributed by atoms with Crippen molar-refractivity contribution >= 4 is 16.9 Å². The molecule has 0 bridgehead atoms. The summed E-state index contributed by atoms with van der Waals surface area (Å²) in [7, 11) is 1.73. The van der Waals surface area contributed by atoms with Crippen LogP contribution in [0.4, 0.5) is 0 Å². The second-order valence-electron chi connectivity index (χ2n) is 8.36. The van der Waals surface area contributed by atoms with Gasteiger partial charge in [0.15, 0.2) is 0 Å². The SMILES string of the molecule is COCCCn1c(C2CCCN(C(=O)CC(N)c3ccccc3)C2)nc2ccccc21. The molecule has 1 saturated heterocycles. The summed E-state index contributed by atoms with van der Waals surface area (Å²) >= 11 is 0. The third-order valence-electron chi connectivity index (χ3n) is 6.18. The van der Waals surface area contributed by atoms with E-state index in [1.54, 1.807) is 7.11 Å². The van der Waals surface area contributed by atoms with Gasteiger partial charge in [-0.2, -0.15) is 0 Å². The molecule has 1 aliphatic rings. The number of methoxy groups -OCH3 is 1. The minimum absolute atomic E-state index is 0.128. The van der Waals surface area contributed by atoms with E-state index >= 15 is 0 Å². The van der Waals surface area contributed by atoms with Gasteiger partial charge in [0.2, 0.25) is 5.91 Å². The van der Waals surface area contributed by atoms with E-state index in [0.717, 1.165) is 61.4 Å². The van der Waals surface area contributed by atoms with E-state index in [1.807, 2.05) is 41.3 Å². The van der Waals surface area contributed by atoms with Crippen molar-refractivity contribution in [3.05, 3.63) is 66.0 Å². The Hall–Kier alpha value is -2.70. The lowest BCUT2D eigenvalue weighted by molar-refractivity contribution is -0.132. The summed E-state index contributed by atoms with van der Waals surface area (Å²) in [4.78, 5) is 20.0. The van der Waals surface area contributed by atoms with E-state index in [4.69, 9.17) is 15.5 Å². The van der Waals surface area contributed by atoms with Crippen molar-refractivity contribution in [3.8, 4) is 0 Å². The first-order chi connectivity index (χ1) is 15.2. The topological polar surface area (TPSA) is 73.4 Å². The number of nitrogens with two attached hydrogens (primary N) is 1. The number of carbonyl (C=O) groups is 1. The lowest BCUT2D eigenvalue weighted by atomic mass is 9.96. The second kappa shape index (κ2) is 10.1. The number of aryl methyl sites for hydroxylation is 1. The third-order valence-corrected chi connectivity index (χ3v) is 6.18. The van der Waals surface area contributed by atoms with Crippen molar-refractivity contribution in [2.24, 2.45) is 5.73 Å². The average Bonchev–Trinajstić information content (AvgIpc) is 3.18. The maximum absolute atomic E-state index is 13.0. The molecule has 1 aromatic heterocycles. The molecule has 2 heterocycles. The molecule has 4 rings (SSSR count). The van der Waals surface area contributed by atoms with Crippen LogP contribution in [0.15, 0.2) is 54.6 Å². The maximum atomic E-state index is 13.0. The zero-order chi connectivity index (χ0) is 21.6. The first-order valence-corrected chi connectivity index (χ1v) is 11.2. The number of amides is 1. The molecular formula is C25H32N4O2. The fourth-order valence-corrected chi connectivity index (χ4v) is 4.56. The molecule has 6 heteroatoms. The number of hydrogen-bond acceptors (Lipinski definition) is 4. The molecular weight excluding hydrogens is 388 g/mol. The summed E-state index contributed by atoms with van der Waals surface area (Å²) in [6, 6.07) is 17.9. The van der Waals surface area contributed by atoms with Gasteiger partial charge in [-0.15, -0.1) is 0 Å². The van der Waals surface area contributed by atoms with Crippen LogP contribution in [0.2, 0.25) is 0 Å². The van der Waals surface area contributed by atoms with Crippen LogP contribution in [0.3, 0.4) is 0 Å². The van der Waals surface area contributed by atoms with Crippen molar-refractivity contribution in [1.82, 2.24) is 14.5 Å². The molecule has 2 unspecified atom stereocenters. The zero-order valence-corrected chi connectivity index (χ0v) is 18.2. The summed E-state index contributed by atoms with van der Waals surface area (Å²) < 4.78 is 7.58. The van der Waals surface area contributed by atoms with Gasteiger partial charge in [-0.1, -0.05) is 42.5 Å².